The normalized spacial score (nSPS) is 18.3. The van der Waals surface area contributed by atoms with E-state index in [0.29, 0.717) is 23.6 Å². The Labute approximate surface area is 221 Å². The summed E-state index contributed by atoms with van der Waals surface area (Å²) in [6.07, 6.45) is 1.13. The first-order chi connectivity index (χ1) is 18.2. The van der Waals surface area contributed by atoms with Crippen LogP contribution in [-0.4, -0.2) is 55.5 Å². The minimum absolute atomic E-state index is 0.195. The van der Waals surface area contributed by atoms with Crippen molar-refractivity contribution >= 4 is 28.4 Å². The minimum atomic E-state index is -4.39. The zero-order valence-corrected chi connectivity index (χ0v) is 21.9. The lowest BCUT2D eigenvalue weighted by molar-refractivity contribution is -0.137. The number of benzene rings is 2. The number of hydrogen-bond donors (Lipinski definition) is 4. The van der Waals surface area contributed by atoms with Crippen molar-refractivity contribution in [1.29, 1.82) is 5.41 Å². The summed E-state index contributed by atoms with van der Waals surface area (Å²) in [6, 6.07) is 13.3. The number of rotatable bonds is 9. The van der Waals surface area contributed by atoms with Gasteiger partial charge in [0, 0.05) is 56.9 Å². The SMILES string of the molecule is CN/C=C(/CN[C@H]1CC[C@@H](Nc2nc(N(C)C)c3ccccc3n2)CC1)C(=N)c1ccc(C(F)(F)F)cc1. The number of hydrogen-bond acceptors (Lipinski definition) is 7. The van der Waals surface area contributed by atoms with E-state index in [9.17, 15) is 13.2 Å². The average Bonchev–Trinajstić information content (AvgIpc) is 2.90. The Morgan fingerprint density at radius 2 is 1.66 bits per heavy atom. The lowest BCUT2D eigenvalue weighted by atomic mass is 9.91. The second kappa shape index (κ2) is 11.8. The standard InChI is InChI=1S/C28H34F3N7/c1-33-16-19(25(32)18-8-10-20(11-9-18)28(29,30)31)17-34-21-12-14-22(15-13-21)35-27-36-24-7-5-4-6-23(24)26(37-27)38(2)3/h4-11,16,21-22,32-34H,12-15,17H2,1-3H3,(H,35,36,37)/b19-16-,32-25?/t21-,22+. The molecule has 0 unspecified atom stereocenters. The number of halogens is 3. The van der Waals surface area contributed by atoms with E-state index in [1.807, 2.05) is 43.3 Å². The van der Waals surface area contributed by atoms with Gasteiger partial charge in [-0.25, -0.2) is 4.98 Å². The molecule has 0 saturated heterocycles. The molecule has 202 valence electrons. The smallest absolute Gasteiger partial charge is 0.394 e. The predicted molar refractivity (Wildman–Crippen MR) is 147 cm³/mol. The third-order valence-corrected chi connectivity index (χ3v) is 6.79. The van der Waals surface area contributed by atoms with Gasteiger partial charge in [-0.3, -0.25) is 5.41 Å². The number of fused-ring (bicyclic) bond motifs is 1. The molecular weight excluding hydrogens is 491 g/mol. The molecule has 0 radical (unpaired) electrons. The molecule has 10 heteroatoms. The summed E-state index contributed by atoms with van der Waals surface area (Å²) < 4.78 is 38.7. The largest absolute Gasteiger partial charge is 0.416 e. The summed E-state index contributed by atoms with van der Waals surface area (Å²) >= 11 is 0. The van der Waals surface area contributed by atoms with Gasteiger partial charge in [0.1, 0.15) is 5.82 Å². The fourth-order valence-electron chi connectivity index (χ4n) is 4.74. The Morgan fingerprint density at radius 3 is 2.29 bits per heavy atom. The number of alkyl halides is 3. The maximum atomic E-state index is 12.9. The lowest BCUT2D eigenvalue weighted by Gasteiger charge is -2.30. The highest BCUT2D eigenvalue weighted by atomic mass is 19.4. The molecule has 0 spiro atoms. The van der Waals surface area contributed by atoms with Crippen molar-refractivity contribution in [3.05, 3.63) is 71.4 Å². The van der Waals surface area contributed by atoms with Gasteiger partial charge in [0.25, 0.3) is 0 Å². The number of nitrogens with zero attached hydrogens (tertiary/aromatic N) is 3. The molecule has 1 aliphatic rings. The Balaban J connectivity index is 1.32. The lowest BCUT2D eigenvalue weighted by Crippen LogP contribution is -2.38. The highest BCUT2D eigenvalue weighted by Crippen LogP contribution is 2.30. The van der Waals surface area contributed by atoms with E-state index < -0.39 is 11.7 Å². The third kappa shape index (κ3) is 6.61. The molecule has 0 bridgehead atoms. The molecule has 38 heavy (non-hydrogen) atoms. The molecular formula is C28H34F3N7. The van der Waals surface area contributed by atoms with Crippen molar-refractivity contribution < 1.29 is 13.2 Å². The first-order valence-electron chi connectivity index (χ1n) is 12.7. The van der Waals surface area contributed by atoms with Crippen molar-refractivity contribution in [3.63, 3.8) is 0 Å². The van der Waals surface area contributed by atoms with E-state index in [0.717, 1.165) is 54.5 Å². The third-order valence-electron chi connectivity index (χ3n) is 6.79. The van der Waals surface area contributed by atoms with Crippen molar-refractivity contribution in [2.75, 3.05) is 37.9 Å². The molecule has 1 aliphatic carbocycles. The zero-order chi connectivity index (χ0) is 27.3. The Kier molecular flexibility index (Phi) is 8.51. The Morgan fingerprint density at radius 1 is 1.00 bits per heavy atom. The highest BCUT2D eigenvalue weighted by molar-refractivity contribution is 6.10. The van der Waals surface area contributed by atoms with E-state index >= 15 is 0 Å². The van der Waals surface area contributed by atoms with E-state index in [-0.39, 0.29) is 17.8 Å². The summed E-state index contributed by atoms with van der Waals surface area (Å²) in [5.41, 5.74) is 1.52. The van der Waals surface area contributed by atoms with Crippen LogP contribution < -0.4 is 20.9 Å². The van der Waals surface area contributed by atoms with Crippen LogP contribution in [0.5, 0.6) is 0 Å². The predicted octanol–water partition coefficient (Wildman–Crippen LogP) is 5.20. The van der Waals surface area contributed by atoms with Crippen molar-refractivity contribution in [3.8, 4) is 0 Å². The van der Waals surface area contributed by atoms with Gasteiger partial charge in [0.15, 0.2) is 0 Å². The second-order valence-electron chi connectivity index (χ2n) is 9.76. The highest BCUT2D eigenvalue weighted by Gasteiger charge is 2.30. The fourth-order valence-corrected chi connectivity index (χ4v) is 4.74. The number of aromatic nitrogens is 2. The van der Waals surface area contributed by atoms with Gasteiger partial charge in [-0.2, -0.15) is 18.2 Å². The minimum Gasteiger partial charge on any atom is -0.394 e. The van der Waals surface area contributed by atoms with Crippen molar-refractivity contribution in [2.45, 2.75) is 43.9 Å². The van der Waals surface area contributed by atoms with Crippen LogP contribution in [0.15, 0.2) is 60.3 Å². The monoisotopic (exact) mass is 525 g/mol. The topological polar surface area (TPSA) is 89.0 Å². The van der Waals surface area contributed by atoms with E-state index in [1.165, 1.54) is 12.1 Å². The van der Waals surface area contributed by atoms with Crippen LogP contribution in [-0.2, 0) is 6.18 Å². The fraction of sp³-hybridized carbons (Fsp3) is 0.393. The van der Waals surface area contributed by atoms with E-state index in [4.69, 9.17) is 15.4 Å². The average molecular weight is 526 g/mol. The molecule has 1 fully saturated rings. The molecule has 7 nitrogen and oxygen atoms in total. The van der Waals surface area contributed by atoms with Crippen LogP contribution in [0.2, 0.25) is 0 Å². The molecule has 3 aromatic rings. The molecule has 4 rings (SSSR count). The van der Waals surface area contributed by atoms with Gasteiger partial charge in [-0.05, 0) is 55.5 Å². The summed E-state index contributed by atoms with van der Waals surface area (Å²) in [7, 11) is 5.69. The van der Waals surface area contributed by atoms with Crippen LogP contribution in [0.25, 0.3) is 10.9 Å². The van der Waals surface area contributed by atoms with Crippen LogP contribution >= 0.6 is 0 Å². The summed E-state index contributed by atoms with van der Waals surface area (Å²) in [6.45, 7) is 0.448. The maximum absolute atomic E-state index is 12.9. The Bertz CT molecular complexity index is 1280. The molecule has 1 aromatic heterocycles. The number of nitrogens with one attached hydrogen (secondary N) is 4. The summed E-state index contributed by atoms with van der Waals surface area (Å²) in [4.78, 5) is 11.5. The maximum Gasteiger partial charge on any atom is 0.416 e. The quantitative estimate of drug-likeness (QED) is 0.287. The van der Waals surface area contributed by atoms with Crippen molar-refractivity contribution in [2.24, 2.45) is 0 Å². The van der Waals surface area contributed by atoms with Crippen molar-refractivity contribution in [1.82, 2.24) is 20.6 Å². The van der Waals surface area contributed by atoms with Gasteiger partial charge in [-0.1, -0.05) is 24.3 Å². The molecule has 1 heterocycles. The van der Waals surface area contributed by atoms with E-state index in [2.05, 4.69) is 16.0 Å². The molecule has 1 saturated carbocycles. The first-order valence-corrected chi connectivity index (χ1v) is 12.7. The van der Waals surface area contributed by atoms with Crippen LogP contribution in [0, 0.1) is 5.41 Å². The molecule has 0 aliphatic heterocycles. The number of para-hydroxylation sites is 1. The summed E-state index contributed by atoms with van der Waals surface area (Å²) in [5, 5.41) is 19.6. The molecule has 0 amide bonds. The van der Waals surface area contributed by atoms with Crippen LogP contribution in [0.1, 0.15) is 36.8 Å². The van der Waals surface area contributed by atoms with Crippen LogP contribution in [0.3, 0.4) is 0 Å². The van der Waals surface area contributed by atoms with Gasteiger partial charge in [0.2, 0.25) is 5.95 Å². The van der Waals surface area contributed by atoms with Gasteiger partial charge in [-0.15, -0.1) is 0 Å². The molecule has 0 atom stereocenters. The molecule has 2 aromatic carbocycles. The van der Waals surface area contributed by atoms with Gasteiger partial charge < -0.3 is 20.9 Å². The zero-order valence-electron chi connectivity index (χ0n) is 21.9. The Hall–Kier alpha value is -3.66. The van der Waals surface area contributed by atoms with Gasteiger partial charge in [0.05, 0.1) is 16.8 Å². The number of anilines is 2. The second-order valence-corrected chi connectivity index (χ2v) is 9.76. The summed E-state index contributed by atoms with van der Waals surface area (Å²) in [5.74, 6) is 1.51. The molecule has 4 N–H and O–H groups in total. The van der Waals surface area contributed by atoms with Crippen LogP contribution in [0.4, 0.5) is 24.9 Å². The first kappa shape index (κ1) is 27.4. The van der Waals surface area contributed by atoms with E-state index in [1.54, 1.807) is 13.2 Å². The van der Waals surface area contributed by atoms with Gasteiger partial charge >= 0.3 is 6.18 Å².